The van der Waals surface area contributed by atoms with Crippen LogP contribution in [0.5, 0.6) is 5.75 Å². The summed E-state index contributed by atoms with van der Waals surface area (Å²) in [6, 6.07) is 6.28. The van der Waals surface area contributed by atoms with Crippen molar-refractivity contribution in [3.8, 4) is 11.4 Å². The van der Waals surface area contributed by atoms with Crippen LogP contribution in [0, 0.1) is 0 Å². The van der Waals surface area contributed by atoms with Crippen LogP contribution in [0.15, 0.2) is 55.2 Å². The number of ketones is 1. The minimum absolute atomic E-state index is 0.0412. The zero-order valence-corrected chi connectivity index (χ0v) is 34.5. The smallest absolute Gasteiger partial charge is 0.442 e. The summed E-state index contributed by atoms with van der Waals surface area (Å²) in [5.41, 5.74) is 5.48. The van der Waals surface area contributed by atoms with Gasteiger partial charge in [-0.25, -0.2) is 13.2 Å². The minimum Gasteiger partial charge on any atom is -0.489 e. The van der Waals surface area contributed by atoms with E-state index in [9.17, 15) is 27.4 Å². The highest BCUT2D eigenvalue weighted by Crippen LogP contribution is 2.42. The number of hydrogen-bond donors (Lipinski definition) is 3. The summed E-state index contributed by atoms with van der Waals surface area (Å²) in [7, 11) is -6.67. The molecule has 1 aliphatic rings. The number of carbonyl (C=O) groups is 2. The van der Waals surface area contributed by atoms with Crippen molar-refractivity contribution in [2.75, 3.05) is 19.1 Å². The fourth-order valence-corrected chi connectivity index (χ4v) is 6.86. The van der Waals surface area contributed by atoms with E-state index in [1.54, 1.807) is 6.07 Å². The molecule has 54 heavy (non-hydrogen) atoms. The van der Waals surface area contributed by atoms with Gasteiger partial charge in [0.25, 0.3) is 0 Å². The molecule has 4 aromatic rings. The van der Waals surface area contributed by atoms with Crippen LogP contribution in [0.25, 0.3) is 5.69 Å². The van der Waals surface area contributed by atoms with Gasteiger partial charge < -0.3 is 29.4 Å². The maximum atomic E-state index is 12.6. The molecule has 0 saturated heterocycles. The van der Waals surface area contributed by atoms with Gasteiger partial charge >= 0.3 is 11.7 Å². The van der Waals surface area contributed by atoms with Crippen molar-refractivity contribution in [3.63, 3.8) is 0 Å². The number of carbonyl (C=O) groups excluding carboxylic acids is 1. The molecule has 2 aromatic carbocycles. The Hall–Kier alpha value is -3.50. The van der Waals surface area contributed by atoms with Crippen molar-refractivity contribution >= 4 is 63.8 Å². The predicted octanol–water partition coefficient (Wildman–Crippen LogP) is 6.75. The van der Waals surface area contributed by atoms with Gasteiger partial charge in [0, 0.05) is 47.1 Å². The van der Waals surface area contributed by atoms with Crippen molar-refractivity contribution in [1.82, 2.24) is 14.9 Å². The first kappa shape index (κ1) is 44.9. The molecule has 2 aromatic heterocycles. The lowest BCUT2D eigenvalue weighted by molar-refractivity contribution is -0.138. The van der Waals surface area contributed by atoms with Crippen molar-refractivity contribution in [2.45, 2.75) is 82.3 Å². The van der Waals surface area contributed by atoms with Gasteiger partial charge in [-0.3, -0.25) is 14.2 Å². The standard InChI is InChI=1S/C15H18Cl2N2O3.C14H12ClNO4S.C5H12NO4P/c1-8(2)21-12-7-11(9(16)6-10(12)17)19-14(20)22-13(18-19)15(3,4)5;1-21(18,19)12-6-9(15)4-5-10(12)13(17)11-7-16-20-14(11)8-2-3-8;1-11(9,10)3-2-4(6)5(7)8/h6-8H,1-5H3;4-8H,2-3H2,1H3;4H,2-3,6H2,1H3,(H,7,8)(H,9,10). The summed E-state index contributed by atoms with van der Waals surface area (Å²) in [5.74, 6) is -0.647. The highest BCUT2D eigenvalue weighted by molar-refractivity contribution is 7.90. The minimum atomic E-state index is -3.57. The van der Waals surface area contributed by atoms with Gasteiger partial charge in [-0.1, -0.05) is 60.7 Å². The van der Waals surface area contributed by atoms with Crippen LogP contribution < -0.4 is 16.2 Å². The van der Waals surface area contributed by atoms with Crippen LogP contribution in [0.3, 0.4) is 0 Å². The summed E-state index contributed by atoms with van der Waals surface area (Å²) < 4.78 is 51.4. The molecule has 5 rings (SSSR count). The summed E-state index contributed by atoms with van der Waals surface area (Å²) in [6.07, 6.45) is 4.23. The van der Waals surface area contributed by atoms with E-state index in [0.29, 0.717) is 33.7 Å². The quantitative estimate of drug-likeness (QED) is 0.105. The number of carboxylic acids is 1. The lowest BCUT2D eigenvalue weighted by atomic mass is 9.97. The normalized spacial score (nSPS) is 14.6. The molecule has 2 unspecified atom stereocenters. The van der Waals surface area contributed by atoms with E-state index in [4.69, 9.17) is 64.2 Å². The fourth-order valence-electron chi connectivity index (χ4n) is 4.46. The summed E-state index contributed by atoms with van der Waals surface area (Å²) >= 11 is 18.1. The number of benzene rings is 2. The molecule has 15 nitrogen and oxygen atoms in total. The number of aliphatic carboxylic acids is 1. The Morgan fingerprint density at radius 1 is 1.11 bits per heavy atom. The molecule has 2 atom stereocenters. The van der Waals surface area contributed by atoms with Crippen molar-refractivity contribution in [1.29, 1.82) is 0 Å². The molecule has 4 N–H and O–H groups in total. The maximum Gasteiger partial charge on any atom is 0.442 e. The molecule has 1 saturated carbocycles. The first-order valence-corrected chi connectivity index (χ1v) is 21.6. The van der Waals surface area contributed by atoms with E-state index in [1.807, 2.05) is 34.6 Å². The first-order valence-electron chi connectivity index (χ1n) is 16.3. The van der Waals surface area contributed by atoms with Gasteiger partial charge in [0.15, 0.2) is 28.7 Å². The van der Waals surface area contributed by atoms with Crippen molar-refractivity contribution in [2.24, 2.45) is 5.73 Å². The number of rotatable bonds is 11. The van der Waals surface area contributed by atoms with Crippen molar-refractivity contribution in [3.05, 3.63) is 84.9 Å². The average Bonchev–Trinajstić information content (AvgIpc) is 3.63. The number of sulfone groups is 1. The highest BCUT2D eigenvalue weighted by atomic mass is 35.5. The van der Waals surface area contributed by atoms with Gasteiger partial charge in [0.05, 0.1) is 38.5 Å². The van der Waals surface area contributed by atoms with E-state index < -0.39 is 40.8 Å². The van der Waals surface area contributed by atoms with E-state index in [2.05, 4.69) is 10.3 Å². The summed E-state index contributed by atoms with van der Waals surface area (Å²) in [4.78, 5) is 43.5. The van der Waals surface area contributed by atoms with Crippen LogP contribution in [0.1, 0.15) is 87.4 Å². The topological polar surface area (TPSA) is 235 Å². The van der Waals surface area contributed by atoms with E-state index >= 15 is 0 Å². The van der Waals surface area contributed by atoms with Crippen LogP contribution in [0.2, 0.25) is 15.1 Å². The number of aromatic nitrogens is 3. The third-order valence-electron chi connectivity index (χ3n) is 7.33. The number of carboxylic acid groups (broad SMARTS) is 1. The lowest BCUT2D eigenvalue weighted by Crippen LogP contribution is -2.30. The molecule has 20 heteroatoms. The zero-order valence-electron chi connectivity index (χ0n) is 30.5. The monoisotopic (exact) mass is 850 g/mol. The Kier molecular flexibility index (Phi) is 14.9. The molecular weight excluding hydrogens is 810 g/mol. The Balaban J connectivity index is 0.000000231. The van der Waals surface area contributed by atoms with Gasteiger partial charge in [-0.15, -0.1) is 5.10 Å². The largest absolute Gasteiger partial charge is 0.489 e. The van der Waals surface area contributed by atoms with Crippen LogP contribution in [-0.2, 0) is 24.6 Å². The number of halogens is 3. The molecule has 0 amide bonds. The molecule has 0 radical (unpaired) electrons. The predicted molar refractivity (Wildman–Crippen MR) is 204 cm³/mol. The zero-order chi connectivity index (χ0) is 40.9. The number of nitrogens with two attached hydrogens (primary N) is 1. The average molecular weight is 852 g/mol. The molecule has 0 spiro atoms. The van der Waals surface area contributed by atoms with E-state index in [0.717, 1.165) is 23.8 Å². The summed E-state index contributed by atoms with van der Waals surface area (Å²) in [5, 5.41) is 17.1. The Morgan fingerprint density at radius 2 is 1.74 bits per heavy atom. The van der Waals surface area contributed by atoms with Crippen molar-refractivity contribution < 1.29 is 46.2 Å². The second kappa shape index (κ2) is 18.0. The van der Waals surface area contributed by atoms with Gasteiger partial charge in [-0.05, 0) is 57.4 Å². The van der Waals surface area contributed by atoms with E-state index in [-0.39, 0.29) is 50.5 Å². The van der Waals surface area contributed by atoms with Crippen LogP contribution in [0.4, 0.5) is 0 Å². The third-order valence-corrected chi connectivity index (χ3v) is 10.4. The number of nitrogens with zero attached hydrogens (tertiary/aromatic N) is 3. The van der Waals surface area contributed by atoms with Crippen LogP contribution in [-0.4, -0.2) is 76.3 Å². The molecule has 1 aliphatic carbocycles. The highest BCUT2D eigenvalue weighted by Gasteiger charge is 2.34. The second-order valence-corrected chi connectivity index (χ2v) is 19.6. The second-order valence-electron chi connectivity index (χ2n) is 13.9. The molecule has 0 bridgehead atoms. The van der Waals surface area contributed by atoms with Gasteiger partial charge in [-0.2, -0.15) is 4.68 Å². The Labute approximate surface area is 327 Å². The van der Waals surface area contributed by atoms with E-state index in [1.165, 1.54) is 37.1 Å². The van der Waals surface area contributed by atoms with Gasteiger partial charge in [0.2, 0.25) is 5.89 Å². The third kappa shape index (κ3) is 12.8. The molecule has 2 heterocycles. The maximum absolute atomic E-state index is 12.6. The van der Waals surface area contributed by atoms with Crippen LogP contribution >= 0.6 is 42.2 Å². The Bertz CT molecular complexity index is 2200. The molecular formula is C34H42Cl3N4O11PS. The fraction of sp³-hybridized carbons (Fsp3) is 0.441. The SMILES string of the molecule is CC(C)Oc1cc(-n2nc(C(C)(C)C)oc2=O)c(Cl)cc1Cl.CP(=O)(O)CCC(N)C(=O)O.CS(=O)(=O)c1cc(Cl)ccc1C(=O)c1cnoc1C1CC1. The van der Waals surface area contributed by atoms with Gasteiger partial charge in [0.1, 0.15) is 11.8 Å². The Morgan fingerprint density at radius 3 is 2.24 bits per heavy atom. The number of hydrogen-bond acceptors (Lipinski definition) is 12. The molecule has 296 valence electrons. The first-order chi connectivity index (χ1) is 24.8. The molecule has 0 aliphatic heterocycles. The lowest BCUT2D eigenvalue weighted by Gasteiger charge is -2.13. The molecule has 1 fully saturated rings. The summed E-state index contributed by atoms with van der Waals surface area (Å²) in [6.45, 7) is 10.6. The number of ether oxygens (including phenoxy) is 1.